The highest BCUT2D eigenvalue weighted by molar-refractivity contribution is 7.17. The number of nitrogens with zero attached hydrogens (tertiary/aromatic N) is 4. The van der Waals surface area contributed by atoms with E-state index in [-0.39, 0.29) is 23.3 Å². The molecule has 1 aliphatic heterocycles. The molecule has 4 heterocycles. The molecule has 1 spiro atoms. The second-order valence-electron chi connectivity index (χ2n) is 9.88. The molecule has 6 rings (SSSR count). The molecule has 0 radical (unpaired) electrons. The van der Waals surface area contributed by atoms with Crippen LogP contribution in [0.3, 0.4) is 0 Å². The molecule has 0 bridgehead atoms. The van der Waals surface area contributed by atoms with Gasteiger partial charge in [0.25, 0.3) is 5.91 Å². The first-order chi connectivity index (χ1) is 17.4. The topological polar surface area (TPSA) is 80.1 Å². The molecule has 1 aliphatic carbocycles. The fourth-order valence-electron chi connectivity index (χ4n) is 5.60. The van der Waals surface area contributed by atoms with Gasteiger partial charge in [-0.2, -0.15) is 0 Å². The van der Waals surface area contributed by atoms with Gasteiger partial charge in [0.2, 0.25) is 11.9 Å². The number of rotatable bonds is 5. The SMILES string of the molecule is C=CC(=O)N1CC[C@]2(C1)C[C@H](n1c(NC(=O)c3ccc(-c4ccc(C)nc4)s3)nc3ccccc31)C2. The van der Waals surface area contributed by atoms with Gasteiger partial charge in [-0.15, -0.1) is 11.3 Å². The Balaban J connectivity index is 1.24. The number of likely N-dealkylation sites (tertiary alicyclic amines) is 1. The number of aromatic nitrogens is 3. The Morgan fingerprint density at radius 2 is 2.00 bits per heavy atom. The van der Waals surface area contributed by atoms with E-state index in [4.69, 9.17) is 4.98 Å². The van der Waals surface area contributed by atoms with Crippen LogP contribution in [-0.2, 0) is 4.79 Å². The first-order valence-electron chi connectivity index (χ1n) is 12.2. The normalized spacial score (nSPS) is 21.0. The Hall–Kier alpha value is -3.78. The van der Waals surface area contributed by atoms with Crippen molar-refractivity contribution in [2.45, 2.75) is 32.2 Å². The maximum Gasteiger partial charge on any atom is 0.268 e. The Bertz CT molecular complexity index is 1480. The Labute approximate surface area is 213 Å². The molecule has 1 saturated carbocycles. The number of benzene rings is 1. The van der Waals surface area contributed by atoms with E-state index in [2.05, 4.69) is 27.5 Å². The molecule has 2 amide bonds. The van der Waals surface area contributed by atoms with Crippen LogP contribution in [0.25, 0.3) is 21.5 Å². The molecule has 182 valence electrons. The van der Waals surface area contributed by atoms with E-state index >= 15 is 0 Å². The van der Waals surface area contributed by atoms with Gasteiger partial charge in [-0.05, 0) is 68.0 Å². The van der Waals surface area contributed by atoms with Crippen molar-refractivity contribution in [3.63, 3.8) is 0 Å². The average Bonchev–Trinajstić information content (AvgIpc) is 3.60. The molecule has 1 aromatic carbocycles. The summed E-state index contributed by atoms with van der Waals surface area (Å²) in [6.07, 6.45) is 6.16. The Kier molecular flexibility index (Phi) is 5.48. The standard InChI is InChI=1S/C28H27N5O2S/c1-3-25(34)32-13-12-28(17-32)14-20(15-28)33-22-7-5-4-6-21(22)30-27(33)31-26(35)24-11-10-23(36-24)19-9-8-18(2)29-16-19/h3-11,16,20H,1,12-15,17H2,2H3,(H,30,31,35)/t20-,28-. The third-order valence-corrected chi connectivity index (χ3v) is 8.61. The number of para-hydroxylation sites is 2. The lowest BCUT2D eigenvalue weighted by molar-refractivity contribution is -0.125. The van der Waals surface area contributed by atoms with Crippen LogP contribution in [0.5, 0.6) is 0 Å². The highest BCUT2D eigenvalue weighted by Gasteiger charge is 2.50. The van der Waals surface area contributed by atoms with Crippen LogP contribution in [0.2, 0.25) is 0 Å². The largest absolute Gasteiger partial charge is 0.339 e. The second-order valence-corrected chi connectivity index (χ2v) is 11.0. The number of fused-ring (bicyclic) bond motifs is 1. The van der Waals surface area contributed by atoms with Crippen molar-refractivity contribution in [3.05, 3.63) is 78.0 Å². The second kappa shape index (κ2) is 8.71. The summed E-state index contributed by atoms with van der Waals surface area (Å²) in [7, 11) is 0. The molecular weight excluding hydrogens is 470 g/mol. The third-order valence-electron chi connectivity index (χ3n) is 7.47. The van der Waals surface area contributed by atoms with Gasteiger partial charge in [0.05, 0.1) is 15.9 Å². The van der Waals surface area contributed by atoms with Gasteiger partial charge in [-0.25, -0.2) is 4.98 Å². The van der Waals surface area contributed by atoms with E-state index in [1.165, 1.54) is 17.4 Å². The molecular formula is C28H27N5O2S. The molecule has 4 aromatic rings. The van der Waals surface area contributed by atoms with E-state index in [1.54, 1.807) is 0 Å². The fourth-order valence-corrected chi connectivity index (χ4v) is 6.49. The van der Waals surface area contributed by atoms with Crippen LogP contribution in [0.15, 0.2) is 67.4 Å². The molecule has 0 unspecified atom stereocenters. The number of hydrogen-bond acceptors (Lipinski definition) is 5. The summed E-state index contributed by atoms with van der Waals surface area (Å²) in [6.45, 7) is 7.13. The number of pyridine rings is 1. The van der Waals surface area contributed by atoms with E-state index in [0.717, 1.165) is 59.5 Å². The van der Waals surface area contributed by atoms with Crippen LogP contribution in [0.1, 0.15) is 40.7 Å². The van der Waals surface area contributed by atoms with Gasteiger partial charge in [-0.3, -0.25) is 19.9 Å². The highest BCUT2D eigenvalue weighted by atomic mass is 32.1. The summed E-state index contributed by atoms with van der Waals surface area (Å²) in [5, 5.41) is 3.08. The number of nitrogens with one attached hydrogen (secondary N) is 1. The summed E-state index contributed by atoms with van der Waals surface area (Å²) < 4.78 is 2.18. The number of amides is 2. The van der Waals surface area contributed by atoms with Crippen molar-refractivity contribution in [2.24, 2.45) is 5.41 Å². The Morgan fingerprint density at radius 3 is 2.78 bits per heavy atom. The van der Waals surface area contributed by atoms with Gasteiger partial charge < -0.3 is 9.47 Å². The lowest BCUT2D eigenvalue weighted by atomic mass is 9.65. The zero-order chi connectivity index (χ0) is 24.9. The molecule has 1 N–H and O–H groups in total. The zero-order valence-corrected chi connectivity index (χ0v) is 20.9. The third kappa shape index (κ3) is 3.91. The fraction of sp³-hybridized carbons (Fsp3) is 0.286. The first-order valence-corrected chi connectivity index (χ1v) is 13.0. The summed E-state index contributed by atoms with van der Waals surface area (Å²) in [4.78, 5) is 38.0. The van der Waals surface area contributed by atoms with Crippen molar-refractivity contribution < 1.29 is 9.59 Å². The van der Waals surface area contributed by atoms with Crippen molar-refractivity contribution in [2.75, 3.05) is 18.4 Å². The number of anilines is 1. The number of carbonyl (C=O) groups is 2. The zero-order valence-electron chi connectivity index (χ0n) is 20.1. The van der Waals surface area contributed by atoms with Crippen molar-refractivity contribution in [1.82, 2.24) is 19.4 Å². The molecule has 0 atom stereocenters. The minimum absolute atomic E-state index is 0.00749. The number of imidazole rings is 1. The van der Waals surface area contributed by atoms with Crippen molar-refractivity contribution in [1.29, 1.82) is 0 Å². The van der Waals surface area contributed by atoms with Crippen LogP contribution in [0.4, 0.5) is 5.95 Å². The van der Waals surface area contributed by atoms with Crippen molar-refractivity contribution in [3.8, 4) is 10.4 Å². The number of hydrogen-bond donors (Lipinski definition) is 1. The van der Waals surface area contributed by atoms with Gasteiger partial charge in [0.1, 0.15) is 0 Å². The van der Waals surface area contributed by atoms with Crippen LogP contribution >= 0.6 is 11.3 Å². The molecule has 36 heavy (non-hydrogen) atoms. The van der Waals surface area contributed by atoms with E-state index in [0.29, 0.717) is 10.8 Å². The van der Waals surface area contributed by atoms with Gasteiger partial charge in [0.15, 0.2) is 0 Å². The smallest absolute Gasteiger partial charge is 0.268 e. The maximum absolute atomic E-state index is 13.2. The molecule has 2 aliphatic rings. The van der Waals surface area contributed by atoms with Gasteiger partial charge >= 0.3 is 0 Å². The summed E-state index contributed by atoms with van der Waals surface area (Å²) in [6, 6.07) is 16.0. The van der Waals surface area contributed by atoms with E-state index in [9.17, 15) is 9.59 Å². The van der Waals surface area contributed by atoms with Gasteiger partial charge in [-0.1, -0.05) is 24.8 Å². The van der Waals surface area contributed by atoms with Crippen LogP contribution < -0.4 is 5.32 Å². The highest BCUT2D eigenvalue weighted by Crippen LogP contribution is 2.55. The van der Waals surface area contributed by atoms with Crippen molar-refractivity contribution >= 4 is 40.1 Å². The summed E-state index contributed by atoms with van der Waals surface area (Å²) in [5.74, 6) is 0.415. The van der Waals surface area contributed by atoms with Crippen LogP contribution in [-0.4, -0.2) is 44.3 Å². The predicted octanol–water partition coefficient (Wildman–Crippen LogP) is 5.46. The van der Waals surface area contributed by atoms with Crippen LogP contribution in [0, 0.1) is 12.3 Å². The van der Waals surface area contributed by atoms with Gasteiger partial charge in [0, 0.05) is 41.5 Å². The molecule has 3 aromatic heterocycles. The quantitative estimate of drug-likeness (QED) is 0.371. The Morgan fingerprint density at radius 1 is 1.17 bits per heavy atom. The molecule has 1 saturated heterocycles. The lowest BCUT2D eigenvalue weighted by Gasteiger charge is -2.46. The maximum atomic E-state index is 13.2. The predicted molar refractivity (Wildman–Crippen MR) is 142 cm³/mol. The number of aryl methyl sites for hydroxylation is 1. The first kappa shape index (κ1) is 22.7. The molecule has 2 fully saturated rings. The average molecular weight is 498 g/mol. The summed E-state index contributed by atoms with van der Waals surface area (Å²) >= 11 is 1.45. The minimum atomic E-state index is -0.166. The van der Waals surface area contributed by atoms with E-state index < -0.39 is 0 Å². The monoisotopic (exact) mass is 497 g/mol. The molecule has 8 heteroatoms. The number of thiophene rings is 1. The minimum Gasteiger partial charge on any atom is -0.339 e. The molecule has 7 nitrogen and oxygen atoms in total. The summed E-state index contributed by atoms with van der Waals surface area (Å²) in [5.41, 5.74) is 3.98. The lowest BCUT2D eigenvalue weighted by Crippen LogP contribution is -2.42. The number of carbonyl (C=O) groups excluding carboxylic acids is 2. The van der Waals surface area contributed by atoms with E-state index in [1.807, 2.05) is 60.5 Å².